The van der Waals surface area contributed by atoms with Crippen molar-refractivity contribution in [1.82, 2.24) is 4.31 Å². The molecule has 5 heteroatoms. The van der Waals surface area contributed by atoms with Gasteiger partial charge in [0.1, 0.15) is 0 Å². The molecule has 3 rings (SSSR count). The Hall–Kier alpha value is -1.85. The fraction of sp³-hybridized carbons (Fsp3) is 0.333. The zero-order valence-corrected chi connectivity index (χ0v) is 14.4. The molecule has 0 bridgehead atoms. The summed E-state index contributed by atoms with van der Waals surface area (Å²) in [4.78, 5) is 2.69. The molecule has 0 aromatic heterocycles. The summed E-state index contributed by atoms with van der Waals surface area (Å²) in [7, 11) is -0.269. The van der Waals surface area contributed by atoms with Crippen LogP contribution < -0.4 is 4.90 Å². The molecular formula is C18H22N2O2S. The summed E-state index contributed by atoms with van der Waals surface area (Å²) in [5.41, 5.74) is 3.65. The number of anilines is 1. The van der Waals surface area contributed by atoms with Crippen LogP contribution in [0.3, 0.4) is 0 Å². The quantitative estimate of drug-likeness (QED) is 0.865. The van der Waals surface area contributed by atoms with Crippen LogP contribution in [0.5, 0.6) is 0 Å². The Bertz CT molecular complexity index is 800. The molecule has 0 saturated carbocycles. The number of para-hydroxylation sites is 1. The molecule has 0 N–H and O–H groups in total. The van der Waals surface area contributed by atoms with E-state index in [1.54, 1.807) is 26.2 Å². The van der Waals surface area contributed by atoms with Crippen molar-refractivity contribution in [3.8, 4) is 0 Å². The molecule has 2 aromatic rings. The third-order valence-electron chi connectivity index (χ3n) is 4.26. The molecule has 0 fully saturated rings. The van der Waals surface area contributed by atoms with Gasteiger partial charge in [-0.2, -0.15) is 0 Å². The first-order chi connectivity index (χ1) is 11.0. The van der Waals surface area contributed by atoms with Crippen LogP contribution in [0.1, 0.15) is 17.5 Å². The van der Waals surface area contributed by atoms with Gasteiger partial charge in [-0.3, -0.25) is 0 Å². The van der Waals surface area contributed by atoms with E-state index in [1.165, 1.54) is 15.6 Å². The predicted molar refractivity (Wildman–Crippen MR) is 93.1 cm³/mol. The summed E-state index contributed by atoms with van der Waals surface area (Å²) in [6.07, 6.45) is 2.24. The van der Waals surface area contributed by atoms with Gasteiger partial charge in [-0.05, 0) is 42.2 Å². The summed E-state index contributed by atoms with van der Waals surface area (Å²) in [5, 5.41) is 0. The van der Waals surface area contributed by atoms with Gasteiger partial charge < -0.3 is 4.90 Å². The highest BCUT2D eigenvalue weighted by Crippen LogP contribution is 2.28. The van der Waals surface area contributed by atoms with Gasteiger partial charge in [0.2, 0.25) is 10.0 Å². The number of benzene rings is 2. The average Bonchev–Trinajstić information content (AvgIpc) is 2.55. The molecule has 1 aliphatic rings. The lowest BCUT2D eigenvalue weighted by Crippen LogP contribution is -2.29. The van der Waals surface area contributed by atoms with Crippen LogP contribution in [0, 0.1) is 0 Å². The second-order valence-electron chi connectivity index (χ2n) is 6.09. The number of hydrogen-bond acceptors (Lipinski definition) is 3. The van der Waals surface area contributed by atoms with Crippen molar-refractivity contribution in [3.63, 3.8) is 0 Å². The number of sulfonamides is 1. The standard InChI is InChI=1S/C18H22N2O2S/c1-19(2)23(21,22)17-10-5-7-15(13-17)14-20-12-6-9-16-8-3-4-11-18(16)20/h3-5,7-8,10-11,13H,6,9,12,14H2,1-2H3. The van der Waals surface area contributed by atoms with Crippen molar-refractivity contribution in [2.45, 2.75) is 24.3 Å². The molecule has 0 aliphatic carbocycles. The summed E-state index contributed by atoms with van der Waals surface area (Å²) in [6.45, 7) is 1.73. The predicted octanol–water partition coefficient (Wildman–Crippen LogP) is 2.89. The van der Waals surface area contributed by atoms with Crippen molar-refractivity contribution in [3.05, 3.63) is 59.7 Å². The van der Waals surface area contributed by atoms with Gasteiger partial charge in [-0.25, -0.2) is 12.7 Å². The Balaban J connectivity index is 1.88. The summed E-state index contributed by atoms with van der Waals surface area (Å²) in [5.74, 6) is 0. The number of nitrogens with zero attached hydrogens (tertiary/aromatic N) is 2. The van der Waals surface area contributed by atoms with E-state index in [0.717, 1.165) is 31.5 Å². The van der Waals surface area contributed by atoms with Crippen molar-refractivity contribution in [2.24, 2.45) is 0 Å². The summed E-state index contributed by atoms with van der Waals surface area (Å²) in [6, 6.07) is 15.7. The maximum Gasteiger partial charge on any atom is 0.242 e. The van der Waals surface area contributed by atoms with Crippen molar-refractivity contribution < 1.29 is 8.42 Å². The highest BCUT2D eigenvalue weighted by molar-refractivity contribution is 7.89. The molecule has 122 valence electrons. The third kappa shape index (κ3) is 3.26. The highest BCUT2D eigenvalue weighted by atomic mass is 32.2. The Kier molecular flexibility index (Phi) is 4.41. The van der Waals surface area contributed by atoms with Crippen LogP contribution in [-0.4, -0.2) is 33.4 Å². The van der Waals surface area contributed by atoms with Gasteiger partial charge in [-0.1, -0.05) is 30.3 Å². The number of fused-ring (bicyclic) bond motifs is 1. The van der Waals surface area contributed by atoms with E-state index in [-0.39, 0.29) is 0 Å². The first-order valence-corrected chi connectivity index (χ1v) is 9.27. The van der Waals surface area contributed by atoms with E-state index in [9.17, 15) is 8.42 Å². The van der Waals surface area contributed by atoms with Gasteiger partial charge in [0.05, 0.1) is 4.90 Å². The number of aryl methyl sites for hydroxylation is 1. The maximum atomic E-state index is 12.3. The van der Waals surface area contributed by atoms with E-state index in [4.69, 9.17) is 0 Å². The minimum Gasteiger partial charge on any atom is -0.367 e. The van der Waals surface area contributed by atoms with E-state index < -0.39 is 10.0 Å². The minimum absolute atomic E-state index is 0.352. The number of hydrogen-bond donors (Lipinski definition) is 0. The maximum absolute atomic E-state index is 12.3. The Morgan fingerprint density at radius 1 is 1.09 bits per heavy atom. The molecule has 0 unspecified atom stereocenters. The Morgan fingerprint density at radius 2 is 1.87 bits per heavy atom. The second kappa shape index (κ2) is 6.34. The smallest absolute Gasteiger partial charge is 0.242 e. The van der Waals surface area contributed by atoms with Crippen LogP contribution in [0.4, 0.5) is 5.69 Å². The summed E-state index contributed by atoms with van der Waals surface area (Å²) >= 11 is 0. The van der Waals surface area contributed by atoms with Gasteiger partial charge in [0.15, 0.2) is 0 Å². The molecule has 0 spiro atoms. The summed E-state index contributed by atoms with van der Waals surface area (Å²) < 4.78 is 25.8. The lowest BCUT2D eigenvalue weighted by molar-refractivity contribution is 0.520. The molecule has 4 nitrogen and oxygen atoms in total. The van der Waals surface area contributed by atoms with Crippen molar-refractivity contribution in [1.29, 1.82) is 0 Å². The van der Waals surface area contributed by atoms with E-state index >= 15 is 0 Å². The van der Waals surface area contributed by atoms with E-state index in [1.807, 2.05) is 12.1 Å². The fourth-order valence-corrected chi connectivity index (χ4v) is 3.98. The van der Waals surface area contributed by atoms with Crippen LogP contribution in [0.15, 0.2) is 53.4 Å². The highest BCUT2D eigenvalue weighted by Gasteiger charge is 2.19. The van der Waals surface area contributed by atoms with Crippen LogP contribution in [0.25, 0.3) is 0 Å². The molecule has 1 heterocycles. The fourth-order valence-electron chi connectivity index (χ4n) is 3.01. The van der Waals surface area contributed by atoms with Gasteiger partial charge in [0.25, 0.3) is 0 Å². The lowest BCUT2D eigenvalue weighted by atomic mass is 10.0. The Labute approximate surface area is 138 Å². The van der Waals surface area contributed by atoms with Gasteiger partial charge in [0, 0.05) is 32.9 Å². The molecular weight excluding hydrogens is 308 g/mol. The third-order valence-corrected chi connectivity index (χ3v) is 6.07. The number of rotatable bonds is 4. The zero-order chi connectivity index (χ0) is 16.4. The zero-order valence-electron chi connectivity index (χ0n) is 13.6. The molecule has 2 aromatic carbocycles. The minimum atomic E-state index is -3.39. The molecule has 23 heavy (non-hydrogen) atoms. The lowest BCUT2D eigenvalue weighted by Gasteiger charge is -2.31. The van der Waals surface area contributed by atoms with E-state index in [2.05, 4.69) is 29.2 Å². The van der Waals surface area contributed by atoms with Crippen LogP contribution in [-0.2, 0) is 23.0 Å². The SMILES string of the molecule is CN(C)S(=O)(=O)c1cccc(CN2CCCc3ccccc32)c1. The molecule has 0 amide bonds. The van der Waals surface area contributed by atoms with Crippen LogP contribution >= 0.6 is 0 Å². The average molecular weight is 330 g/mol. The largest absolute Gasteiger partial charge is 0.367 e. The molecule has 0 radical (unpaired) electrons. The molecule has 1 aliphatic heterocycles. The first kappa shape index (κ1) is 16.0. The van der Waals surface area contributed by atoms with Crippen LogP contribution in [0.2, 0.25) is 0 Å². The molecule has 0 saturated heterocycles. The normalized spacial score (nSPS) is 14.8. The van der Waals surface area contributed by atoms with Crippen molar-refractivity contribution in [2.75, 3.05) is 25.5 Å². The Morgan fingerprint density at radius 3 is 2.65 bits per heavy atom. The second-order valence-corrected chi connectivity index (χ2v) is 8.24. The molecule has 0 atom stereocenters. The topological polar surface area (TPSA) is 40.6 Å². The van der Waals surface area contributed by atoms with Gasteiger partial charge >= 0.3 is 0 Å². The van der Waals surface area contributed by atoms with Gasteiger partial charge in [-0.15, -0.1) is 0 Å². The van der Waals surface area contributed by atoms with Crippen molar-refractivity contribution >= 4 is 15.7 Å². The van der Waals surface area contributed by atoms with E-state index in [0.29, 0.717) is 4.90 Å². The first-order valence-electron chi connectivity index (χ1n) is 7.83. The monoisotopic (exact) mass is 330 g/mol.